The number of carboxylic acids is 1. The molecule has 0 bridgehead atoms. The number of carboxylic acid groups (broad SMARTS) is 1. The molecule has 5 nitrogen and oxygen atoms in total. The quantitative estimate of drug-likeness (QED) is 0.686. The topological polar surface area (TPSA) is 75.6 Å². The summed E-state index contributed by atoms with van der Waals surface area (Å²) in [6.07, 6.45) is 2.40. The van der Waals surface area contributed by atoms with Gasteiger partial charge in [-0.05, 0) is 43.9 Å². The second-order valence-electron chi connectivity index (χ2n) is 5.04. The lowest BCUT2D eigenvalue weighted by Gasteiger charge is -2.11. The van der Waals surface area contributed by atoms with Gasteiger partial charge in [-0.1, -0.05) is 18.6 Å². The largest absolute Gasteiger partial charge is 0.483 e. The normalized spacial score (nSPS) is 10.2. The van der Waals surface area contributed by atoms with E-state index >= 15 is 0 Å². The first kappa shape index (κ1) is 17.0. The van der Waals surface area contributed by atoms with Crippen LogP contribution in [-0.4, -0.2) is 30.1 Å². The van der Waals surface area contributed by atoms with Crippen molar-refractivity contribution in [2.45, 2.75) is 39.5 Å². The number of nitrogens with one attached hydrogen (secondary N) is 1. The van der Waals surface area contributed by atoms with Crippen molar-refractivity contribution in [1.29, 1.82) is 0 Å². The Bertz CT molecular complexity index is 485. The summed E-state index contributed by atoms with van der Waals surface area (Å²) in [4.78, 5) is 21.9. The van der Waals surface area contributed by atoms with E-state index in [-0.39, 0.29) is 18.9 Å². The van der Waals surface area contributed by atoms with E-state index in [1.165, 1.54) is 0 Å². The highest BCUT2D eigenvalue weighted by Crippen LogP contribution is 2.20. The number of unbranched alkanes of at least 4 members (excludes halogenated alkanes) is 2. The number of hydrogen-bond donors (Lipinski definition) is 2. The zero-order chi connectivity index (χ0) is 15.7. The van der Waals surface area contributed by atoms with Gasteiger partial charge in [0.2, 0.25) is 0 Å². The molecule has 2 N–H and O–H groups in total. The van der Waals surface area contributed by atoms with Crippen molar-refractivity contribution in [2.75, 3.05) is 13.2 Å². The third-order valence-corrected chi connectivity index (χ3v) is 3.30. The molecule has 0 heterocycles. The van der Waals surface area contributed by atoms with Crippen LogP contribution in [0, 0.1) is 13.8 Å². The summed E-state index contributed by atoms with van der Waals surface area (Å²) in [6.45, 7) is 4.51. The van der Waals surface area contributed by atoms with E-state index in [2.05, 4.69) is 5.32 Å². The van der Waals surface area contributed by atoms with Gasteiger partial charge in [-0.2, -0.15) is 0 Å². The molecule has 21 heavy (non-hydrogen) atoms. The molecular formula is C16H23NO4. The minimum atomic E-state index is -0.777. The maximum Gasteiger partial charge on any atom is 0.303 e. The van der Waals surface area contributed by atoms with E-state index in [0.717, 1.165) is 29.7 Å². The molecule has 0 aliphatic heterocycles. The third kappa shape index (κ3) is 6.79. The maximum absolute atomic E-state index is 11.6. The Kier molecular flexibility index (Phi) is 7.29. The van der Waals surface area contributed by atoms with E-state index in [0.29, 0.717) is 13.0 Å². The number of aliphatic carboxylic acids is 1. The first-order valence-electron chi connectivity index (χ1n) is 7.18. The van der Waals surface area contributed by atoms with Crippen LogP contribution >= 0.6 is 0 Å². The Morgan fingerprint density at radius 2 is 1.95 bits per heavy atom. The molecule has 0 aliphatic rings. The number of amides is 1. The number of aryl methyl sites for hydroxylation is 1. The Labute approximate surface area is 125 Å². The van der Waals surface area contributed by atoms with Gasteiger partial charge in [-0.15, -0.1) is 0 Å². The molecule has 1 amide bonds. The van der Waals surface area contributed by atoms with Gasteiger partial charge in [-0.3, -0.25) is 9.59 Å². The lowest BCUT2D eigenvalue weighted by molar-refractivity contribution is -0.137. The summed E-state index contributed by atoms with van der Waals surface area (Å²) in [5.41, 5.74) is 2.17. The minimum Gasteiger partial charge on any atom is -0.483 e. The van der Waals surface area contributed by atoms with Gasteiger partial charge in [-0.25, -0.2) is 0 Å². The third-order valence-electron chi connectivity index (χ3n) is 3.30. The molecule has 0 unspecified atom stereocenters. The molecule has 0 fully saturated rings. The Hall–Kier alpha value is -2.04. The van der Waals surface area contributed by atoms with E-state index in [1.807, 2.05) is 32.0 Å². The van der Waals surface area contributed by atoms with Crippen molar-refractivity contribution >= 4 is 11.9 Å². The van der Waals surface area contributed by atoms with E-state index in [9.17, 15) is 9.59 Å². The second kappa shape index (κ2) is 9.00. The van der Waals surface area contributed by atoms with Crippen LogP contribution in [0.4, 0.5) is 0 Å². The zero-order valence-electron chi connectivity index (χ0n) is 12.6. The summed E-state index contributed by atoms with van der Waals surface area (Å²) in [7, 11) is 0. The fourth-order valence-electron chi connectivity index (χ4n) is 1.88. The molecule has 0 saturated heterocycles. The van der Waals surface area contributed by atoms with Crippen LogP contribution in [-0.2, 0) is 9.59 Å². The standard InChI is InChI=1S/C16H23NO4/c1-12-7-6-8-14(13(12)2)21-11-15(18)17-10-5-3-4-9-16(19)20/h6-8H,3-5,9-11H2,1-2H3,(H,17,18)(H,19,20). The number of carbonyl (C=O) groups excluding carboxylic acids is 1. The summed E-state index contributed by atoms with van der Waals surface area (Å²) < 4.78 is 5.50. The van der Waals surface area contributed by atoms with Crippen LogP contribution in [0.5, 0.6) is 5.75 Å². The summed E-state index contributed by atoms with van der Waals surface area (Å²) in [5, 5.41) is 11.3. The molecular weight excluding hydrogens is 270 g/mol. The van der Waals surface area contributed by atoms with Crippen LogP contribution in [0.2, 0.25) is 0 Å². The van der Waals surface area contributed by atoms with Crippen molar-refractivity contribution in [3.8, 4) is 5.75 Å². The minimum absolute atomic E-state index is 0.000576. The molecule has 5 heteroatoms. The highest BCUT2D eigenvalue weighted by molar-refractivity contribution is 5.77. The molecule has 0 spiro atoms. The average molecular weight is 293 g/mol. The van der Waals surface area contributed by atoms with Crippen molar-refractivity contribution in [3.05, 3.63) is 29.3 Å². The van der Waals surface area contributed by atoms with Gasteiger partial charge in [0.05, 0.1) is 0 Å². The van der Waals surface area contributed by atoms with Crippen LogP contribution in [0.15, 0.2) is 18.2 Å². The number of benzene rings is 1. The first-order chi connectivity index (χ1) is 10.0. The van der Waals surface area contributed by atoms with Crippen molar-refractivity contribution in [3.63, 3.8) is 0 Å². The fourth-order valence-corrected chi connectivity index (χ4v) is 1.88. The predicted octanol–water partition coefficient (Wildman–Crippen LogP) is 2.44. The monoisotopic (exact) mass is 293 g/mol. The number of ether oxygens (including phenoxy) is 1. The van der Waals surface area contributed by atoms with E-state index in [1.54, 1.807) is 0 Å². The molecule has 1 aromatic carbocycles. The van der Waals surface area contributed by atoms with Crippen LogP contribution < -0.4 is 10.1 Å². The number of hydrogen-bond acceptors (Lipinski definition) is 3. The van der Waals surface area contributed by atoms with E-state index < -0.39 is 5.97 Å². The summed E-state index contributed by atoms with van der Waals surface area (Å²) in [5.74, 6) is -0.207. The van der Waals surface area contributed by atoms with Gasteiger partial charge in [0.25, 0.3) is 5.91 Å². The van der Waals surface area contributed by atoms with Crippen LogP contribution in [0.3, 0.4) is 0 Å². The SMILES string of the molecule is Cc1cccc(OCC(=O)NCCCCCC(=O)O)c1C. The highest BCUT2D eigenvalue weighted by Gasteiger charge is 2.05. The van der Waals surface area contributed by atoms with Gasteiger partial charge < -0.3 is 15.2 Å². The molecule has 0 saturated carbocycles. The zero-order valence-corrected chi connectivity index (χ0v) is 12.6. The first-order valence-corrected chi connectivity index (χ1v) is 7.18. The lowest BCUT2D eigenvalue weighted by Crippen LogP contribution is -2.29. The van der Waals surface area contributed by atoms with Gasteiger partial charge in [0.1, 0.15) is 5.75 Å². The maximum atomic E-state index is 11.6. The average Bonchev–Trinajstić information content (AvgIpc) is 2.44. The molecule has 0 atom stereocenters. The molecule has 0 aliphatic carbocycles. The molecule has 116 valence electrons. The van der Waals surface area contributed by atoms with Gasteiger partial charge in [0, 0.05) is 13.0 Å². The molecule has 0 radical (unpaired) electrons. The summed E-state index contributed by atoms with van der Waals surface area (Å²) in [6, 6.07) is 5.75. The Morgan fingerprint density at radius 1 is 1.19 bits per heavy atom. The fraction of sp³-hybridized carbons (Fsp3) is 0.500. The Morgan fingerprint density at radius 3 is 2.67 bits per heavy atom. The molecule has 1 rings (SSSR count). The molecule has 1 aromatic rings. The van der Waals surface area contributed by atoms with Crippen LogP contribution in [0.25, 0.3) is 0 Å². The van der Waals surface area contributed by atoms with Crippen molar-refractivity contribution in [2.24, 2.45) is 0 Å². The summed E-state index contributed by atoms with van der Waals surface area (Å²) >= 11 is 0. The van der Waals surface area contributed by atoms with Crippen LogP contribution in [0.1, 0.15) is 36.8 Å². The molecule has 0 aromatic heterocycles. The van der Waals surface area contributed by atoms with Gasteiger partial charge in [0.15, 0.2) is 6.61 Å². The van der Waals surface area contributed by atoms with Crippen molar-refractivity contribution in [1.82, 2.24) is 5.32 Å². The highest BCUT2D eigenvalue weighted by atomic mass is 16.5. The van der Waals surface area contributed by atoms with E-state index in [4.69, 9.17) is 9.84 Å². The van der Waals surface area contributed by atoms with Crippen molar-refractivity contribution < 1.29 is 19.4 Å². The number of rotatable bonds is 9. The van der Waals surface area contributed by atoms with Gasteiger partial charge >= 0.3 is 5.97 Å². The Balaban J connectivity index is 2.17. The smallest absolute Gasteiger partial charge is 0.303 e. The second-order valence-corrected chi connectivity index (χ2v) is 5.04. The lowest BCUT2D eigenvalue weighted by atomic mass is 10.1. The number of carbonyl (C=O) groups is 2. The predicted molar refractivity (Wildman–Crippen MR) is 80.5 cm³/mol.